The molecule has 0 atom stereocenters. The maximum atomic E-state index is 13.1. The Labute approximate surface area is 214 Å². The van der Waals surface area contributed by atoms with Crippen molar-refractivity contribution in [1.29, 1.82) is 0 Å². The molecule has 1 aromatic carbocycles. The van der Waals surface area contributed by atoms with Crippen LogP contribution in [-0.4, -0.2) is 99.7 Å². The van der Waals surface area contributed by atoms with Crippen molar-refractivity contribution in [1.82, 2.24) is 14.1 Å². The average Bonchev–Trinajstić information content (AvgIpc) is 2.85. The van der Waals surface area contributed by atoms with Crippen LogP contribution in [0.15, 0.2) is 17.0 Å². The third-order valence-electron chi connectivity index (χ3n) is 7.48. The molecule has 1 N–H and O–H groups in total. The quantitative estimate of drug-likeness (QED) is 0.493. The van der Waals surface area contributed by atoms with Crippen molar-refractivity contribution in [2.75, 3.05) is 60.1 Å². The molecule has 2 amide bonds. The molecule has 0 saturated carbocycles. The molecule has 0 aromatic heterocycles. The van der Waals surface area contributed by atoms with Gasteiger partial charge in [-0.25, -0.2) is 13.2 Å². The first-order valence-corrected chi connectivity index (χ1v) is 13.9. The molecule has 0 bridgehead atoms. The number of hydrogen-bond donors (Lipinski definition) is 1. The summed E-state index contributed by atoms with van der Waals surface area (Å²) in [6.07, 6.45) is 2.78. The first-order chi connectivity index (χ1) is 17.0. The molecule has 1 aromatic rings. The van der Waals surface area contributed by atoms with Crippen LogP contribution in [0.4, 0.5) is 4.79 Å². The summed E-state index contributed by atoms with van der Waals surface area (Å²) in [5.74, 6) is 1.57. The van der Waals surface area contributed by atoms with E-state index in [2.05, 4.69) is 0 Å². The highest BCUT2D eigenvalue weighted by Crippen LogP contribution is 2.32. The molecule has 0 aliphatic carbocycles. The molecule has 202 valence electrons. The Hall–Kier alpha value is -2.37. The van der Waals surface area contributed by atoms with Gasteiger partial charge < -0.3 is 24.4 Å². The average molecular weight is 526 g/mol. The van der Waals surface area contributed by atoms with Crippen molar-refractivity contribution >= 4 is 22.0 Å². The van der Waals surface area contributed by atoms with Gasteiger partial charge in [-0.1, -0.05) is 0 Å². The van der Waals surface area contributed by atoms with E-state index in [0.717, 1.165) is 25.7 Å². The van der Waals surface area contributed by atoms with E-state index in [0.29, 0.717) is 54.9 Å². The molecule has 10 nitrogen and oxygen atoms in total. The molecule has 0 radical (unpaired) electrons. The van der Waals surface area contributed by atoms with Gasteiger partial charge in [0.1, 0.15) is 12.4 Å². The molecule has 2 saturated heterocycles. The van der Waals surface area contributed by atoms with Crippen LogP contribution >= 0.6 is 0 Å². The van der Waals surface area contributed by atoms with E-state index in [9.17, 15) is 18.0 Å². The Morgan fingerprint density at radius 3 is 1.97 bits per heavy atom. The number of nitrogens with zero attached hydrogens (tertiary/aromatic N) is 3. The Bertz CT molecular complexity index is 1010. The summed E-state index contributed by atoms with van der Waals surface area (Å²) in [7, 11) is -0.651. The van der Waals surface area contributed by atoms with Gasteiger partial charge in [0, 0.05) is 39.8 Å². The maximum Gasteiger partial charge on any atom is 0.407 e. The summed E-state index contributed by atoms with van der Waals surface area (Å²) >= 11 is 0. The van der Waals surface area contributed by atoms with Crippen molar-refractivity contribution in [2.45, 2.75) is 44.4 Å². The van der Waals surface area contributed by atoms with Gasteiger partial charge in [0.05, 0.1) is 18.6 Å². The van der Waals surface area contributed by atoms with Crippen molar-refractivity contribution in [3.63, 3.8) is 0 Å². The lowest BCUT2D eigenvalue weighted by atomic mass is 9.79. The molecule has 11 heteroatoms. The number of rotatable bonds is 9. The minimum absolute atomic E-state index is 0.0733. The van der Waals surface area contributed by atoms with Gasteiger partial charge in [-0.15, -0.1) is 0 Å². The summed E-state index contributed by atoms with van der Waals surface area (Å²) in [6, 6.07) is 3.40. The number of methoxy groups -OCH3 is 1. The van der Waals surface area contributed by atoms with E-state index in [4.69, 9.17) is 14.6 Å². The number of ether oxygens (including phenoxy) is 2. The minimum Gasteiger partial charge on any atom is -0.497 e. The fraction of sp³-hybridized carbons (Fsp3) is 0.680. The van der Waals surface area contributed by atoms with Gasteiger partial charge in [0.25, 0.3) is 0 Å². The maximum absolute atomic E-state index is 13.1. The summed E-state index contributed by atoms with van der Waals surface area (Å²) in [4.78, 5) is 27.2. The van der Waals surface area contributed by atoms with Crippen molar-refractivity contribution in [2.24, 2.45) is 11.8 Å². The van der Waals surface area contributed by atoms with Crippen LogP contribution in [0.1, 0.15) is 36.8 Å². The van der Waals surface area contributed by atoms with Crippen LogP contribution in [-0.2, 0) is 19.6 Å². The number of carboxylic acid groups (broad SMARTS) is 1. The van der Waals surface area contributed by atoms with Gasteiger partial charge in [-0.2, -0.15) is 4.31 Å². The molecular weight excluding hydrogens is 486 g/mol. The number of carbonyl (C=O) groups excluding carboxylic acids is 1. The lowest BCUT2D eigenvalue weighted by Gasteiger charge is -2.39. The number of likely N-dealkylation sites (tertiary alicyclic amines) is 2. The summed E-state index contributed by atoms with van der Waals surface area (Å²) in [6.45, 7) is 6.21. The van der Waals surface area contributed by atoms with Crippen molar-refractivity contribution < 1.29 is 32.6 Å². The standard InChI is InChI=1S/C25H39N3O7S/c1-18-15-22(34-4)16-19(2)24(18)36(32,33)26(3)13-14-35-17-23(29)27-9-5-20(6-10-27)21-7-11-28(12-8-21)25(30)31/h15-16,20-21H,5-14,17H2,1-4H3,(H,30,31). The number of likely N-dealkylation sites (N-methyl/N-ethyl adjacent to an activating group) is 1. The third kappa shape index (κ3) is 6.68. The lowest BCUT2D eigenvalue weighted by Crippen LogP contribution is -2.44. The molecule has 2 aliphatic heterocycles. The molecule has 2 fully saturated rings. The van der Waals surface area contributed by atoms with Gasteiger partial charge in [0.15, 0.2) is 0 Å². The summed E-state index contributed by atoms with van der Waals surface area (Å²) in [5.41, 5.74) is 1.23. The van der Waals surface area contributed by atoms with E-state index in [1.165, 1.54) is 16.3 Å². The monoisotopic (exact) mass is 525 g/mol. The van der Waals surface area contributed by atoms with Gasteiger partial charge in [-0.05, 0) is 74.6 Å². The third-order valence-corrected chi connectivity index (χ3v) is 9.65. The molecular formula is C25H39N3O7S. The Kier molecular flexibility index (Phi) is 9.59. The van der Waals surface area contributed by atoms with Gasteiger partial charge in [0.2, 0.25) is 15.9 Å². The van der Waals surface area contributed by atoms with Crippen LogP contribution in [0.25, 0.3) is 0 Å². The first-order valence-electron chi connectivity index (χ1n) is 12.5. The van der Waals surface area contributed by atoms with E-state index in [1.807, 2.05) is 4.90 Å². The van der Waals surface area contributed by atoms with E-state index in [1.54, 1.807) is 33.1 Å². The van der Waals surface area contributed by atoms with Crippen molar-refractivity contribution in [3.05, 3.63) is 23.3 Å². The van der Waals surface area contributed by atoms with Crippen LogP contribution in [0.5, 0.6) is 5.75 Å². The second-order valence-electron chi connectivity index (χ2n) is 9.79. The number of sulfonamides is 1. The van der Waals surface area contributed by atoms with Gasteiger partial charge in [-0.3, -0.25) is 4.79 Å². The lowest BCUT2D eigenvalue weighted by molar-refractivity contribution is -0.137. The Morgan fingerprint density at radius 1 is 1.00 bits per heavy atom. The minimum atomic E-state index is -3.70. The number of amides is 2. The zero-order valence-corrected chi connectivity index (χ0v) is 22.6. The number of hydrogen-bond acceptors (Lipinski definition) is 6. The van der Waals surface area contributed by atoms with Crippen LogP contribution in [0, 0.1) is 25.7 Å². The molecule has 0 unspecified atom stereocenters. The smallest absolute Gasteiger partial charge is 0.407 e. The normalized spacial score (nSPS) is 18.0. The van der Waals surface area contributed by atoms with E-state index in [-0.39, 0.29) is 30.6 Å². The predicted octanol–water partition coefficient (Wildman–Crippen LogP) is 2.58. The number of benzene rings is 1. The second kappa shape index (κ2) is 12.2. The number of carbonyl (C=O) groups is 2. The van der Waals surface area contributed by atoms with E-state index >= 15 is 0 Å². The van der Waals surface area contributed by atoms with E-state index < -0.39 is 16.1 Å². The molecule has 3 rings (SSSR count). The Morgan fingerprint density at radius 2 is 1.50 bits per heavy atom. The highest BCUT2D eigenvalue weighted by molar-refractivity contribution is 7.89. The first kappa shape index (κ1) is 28.2. The van der Waals surface area contributed by atoms with Gasteiger partial charge >= 0.3 is 6.09 Å². The molecule has 2 aliphatic rings. The fourth-order valence-electron chi connectivity index (χ4n) is 5.34. The summed E-state index contributed by atoms with van der Waals surface area (Å²) < 4.78 is 38.2. The predicted molar refractivity (Wildman–Crippen MR) is 135 cm³/mol. The largest absolute Gasteiger partial charge is 0.497 e. The van der Waals surface area contributed by atoms with Crippen LogP contribution < -0.4 is 4.74 Å². The SMILES string of the molecule is COc1cc(C)c(S(=O)(=O)N(C)CCOCC(=O)N2CCC(C3CCN(C(=O)O)CC3)CC2)c(C)c1. The number of aryl methyl sites for hydroxylation is 2. The van der Waals surface area contributed by atoms with Crippen LogP contribution in [0.2, 0.25) is 0 Å². The molecule has 0 spiro atoms. The summed E-state index contributed by atoms with van der Waals surface area (Å²) in [5, 5.41) is 9.11. The second-order valence-corrected chi connectivity index (χ2v) is 11.8. The molecule has 36 heavy (non-hydrogen) atoms. The van der Waals surface area contributed by atoms with Crippen LogP contribution in [0.3, 0.4) is 0 Å². The molecule has 2 heterocycles. The zero-order chi connectivity index (χ0) is 26.5. The topological polar surface area (TPSA) is 117 Å². The fourth-order valence-corrected chi connectivity index (χ4v) is 6.90. The van der Waals surface area contributed by atoms with Crippen molar-refractivity contribution in [3.8, 4) is 5.75 Å². The highest BCUT2D eigenvalue weighted by atomic mass is 32.2. The highest BCUT2D eigenvalue weighted by Gasteiger charge is 2.32. The zero-order valence-electron chi connectivity index (χ0n) is 21.7. The Balaban J connectivity index is 1.40. The number of piperidine rings is 2.